The summed E-state index contributed by atoms with van der Waals surface area (Å²) in [4.78, 5) is 0. The number of phenolic OH excluding ortho intramolecular Hbond substituents is 8. The molecule has 0 heterocycles. The van der Waals surface area contributed by atoms with E-state index in [9.17, 15) is 40.9 Å². The van der Waals surface area contributed by atoms with Crippen LogP contribution in [0.1, 0.15) is 0 Å². The van der Waals surface area contributed by atoms with Gasteiger partial charge >= 0.3 is 0 Å². The van der Waals surface area contributed by atoms with Crippen LogP contribution in [0.15, 0.2) is 97.1 Å². The maximum atomic E-state index is 11.6. The number of aromatic hydroxyl groups is 8. The van der Waals surface area contributed by atoms with Gasteiger partial charge in [0.15, 0.2) is 23.0 Å². The first-order valence-electron chi connectivity index (χ1n) is 14.3. The number of fused-ring (bicyclic) bond motifs is 6. The minimum Gasteiger partial charge on any atom is -0.504 e. The van der Waals surface area contributed by atoms with Crippen molar-refractivity contribution >= 4 is 53.9 Å². The van der Waals surface area contributed by atoms with Crippen molar-refractivity contribution in [1.29, 1.82) is 0 Å². The number of phenols is 8. The highest BCUT2D eigenvalue weighted by molar-refractivity contribution is 6.31. The van der Waals surface area contributed by atoms with Crippen LogP contribution in [-0.2, 0) is 0 Å². The summed E-state index contributed by atoms with van der Waals surface area (Å²) in [5, 5.41) is 93.8. The van der Waals surface area contributed by atoms with Gasteiger partial charge in [-0.2, -0.15) is 0 Å². The van der Waals surface area contributed by atoms with Crippen LogP contribution in [0.2, 0.25) is 0 Å². The molecule has 224 valence electrons. The van der Waals surface area contributed by atoms with Crippen molar-refractivity contribution in [3.63, 3.8) is 0 Å². The normalized spacial score (nSPS) is 11.7. The third-order valence-electron chi connectivity index (χ3n) is 8.87. The second-order valence-electron chi connectivity index (χ2n) is 11.3. The smallest absolute Gasteiger partial charge is 0.204 e. The van der Waals surface area contributed by atoms with Gasteiger partial charge in [0.2, 0.25) is 23.0 Å². The molecule has 0 fully saturated rings. The van der Waals surface area contributed by atoms with Gasteiger partial charge in [-0.25, -0.2) is 0 Å². The van der Waals surface area contributed by atoms with E-state index < -0.39 is 46.0 Å². The second-order valence-corrected chi connectivity index (χ2v) is 11.3. The number of hydrogen-bond acceptors (Lipinski definition) is 8. The van der Waals surface area contributed by atoms with Crippen LogP contribution in [0.25, 0.3) is 76.1 Å². The average Bonchev–Trinajstić information content (AvgIpc) is 3.09. The Bertz CT molecular complexity index is 2540. The third kappa shape index (κ3) is 3.49. The maximum Gasteiger partial charge on any atom is 0.204 e. The lowest BCUT2D eigenvalue weighted by molar-refractivity contribution is 0.350. The summed E-state index contributed by atoms with van der Waals surface area (Å²) >= 11 is 0. The first-order valence-corrected chi connectivity index (χ1v) is 14.3. The van der Waals surface area contributed by atoms with Crippen LogP contribution >= 0.6 is 0 Å². The van der Waals surface area contributed by atoms with Crippen molar-refractivity contribution in [1.82, 2.24) is 0 Å². The summed E-state index contributed by atoms with van der Waals surface area (Å²) in [6, 6.07) is 29.4. The van der Waals surface area contributed by atoms with Crippen molar-refractivity contribution in [3.8, 4) is 68.2 Å². The molecule has 0 saturated carbocycles. The number of hydrogen-bond donors (Lipinski definition) is 8. The third-order valence-corrected chi connectivity index (χ3v) is 8.87. The van der Waals surface area contributed by atoms with Crippen LogP contribution in [0, 0.1) is 0 Å². The van der Waals surface area contributed by atoms with Gasteiger partial charge in [-0.3, -0.25) is 0 Å². The van der Waals surface area contributed by atoms with Crippen LogP contribution in [0.5, 0.6) is 46.0 Å². The molecule has 8 N–H and O–H groups in total. The fourth-order valence-corrected chi connectivity index (χ4v) is 6.78. The van der Waals surface area contributed by atoms with E-state index in [0.29, 0.717) is 16.5 Å². The molecule has 0 spiro atoms. The molecule has 8 heteroatoms. The average molecular weight is 609 g/mol. The summed E-state index contributed by atoms with van der Waals surface area (Å²) in [5.74, 6) is -7.28. The molecule has 8 nitrogen and oxygen atoms in total. The highest BCUT2D eigenvalue weighted by Crippen LogP contribution is 2.62. The fourth-order valence-electron chi connectivity index (χ4n) is 6.78. The first kappa shape index (κ1) is 27.0. The Morgan fingerprint density at radius 1 is 0.304 bits per heavy atom. The second kappa shape index (κ2) is 9.48. The Morgan fingerprint density at radius 2 is 0.739 bits per heavy atom. The quantitative estimate of drug-likeness (QED) is 0.0420. The molecule has 0 bridgehead atoms. The molecule has 0 aliphatic carbocycles. The maximum absolute atomic E-state index is 11.6. The van der Waals surface area contributed by atoms with Crippen LogP contribution in [0.4, 0.5) is 0 Å². The number of rotatable bonds is 2. The molecule has 46 heavy (non-hydrogen) atoms. The lowest BCUT2D eigenvalue weighted by Gasteiger charge is -2.23. The van der Waals surface area contributed by atoms with E-state index in [1.807, 2.05) is 66.7 Å². The van der Waals surface area contributed by atoms with Crippen molar-refractivity contribution in [2.75, 3.05) is 0 Å². The highest BCUT2D eigenvalue weighted by Gasteiger charge is 2.32. The van der Waals surface area contributed by atoms with E-state index in [4.69, 9.17) is 0 Å². The van der Waals surface area contributed by atoms with Gasteiger partial charge in [0, 0.05) is 32.7 Å². The Hall–Kier alpha value is -6.54. The minimum atomic E-state index is -1.01. The summed E-state index contributed by atoms with van der Waals surface area (Å²) in [6.45, 7) is 0. The molecule has 0 unspecified atom stereocenters. The molecule has 0 aromatic heterocycles. The zero-order valence-electron chi connectivity index (χ0n) is 23.8. The molecular formula is C38H24O8. The number of benzene rings is 8. The summed E-state index contributed by atoms with van der Waals surface area (Å²) in [7, 11) is 0. The van der Waals surface area contributed by atoms with Gasteiger partial charge in [-0.15, -0.1) is 0 Å². The first-order chi connectivity index (χ1) is 22.2. The summed E-state index contributed by atoms with van der Waals surface area (Å²) in [6.07, 6.45) is 0. The van der Waals surface area contributed by atoms with Gasteiger partial charge in [0.1, 0.15) is 0 Å². The van der Waals surface area contributed by atoms with Gasteiger partial charge in [0.05, 0.1) is 0 Å². The molecule has 8 aromatic carbocycles. The fraction of sp³-hybridized carbons (Fsp3) is 0. The van der Waals surface area contributed by atoms with Gasteiger partial charge in [-0.1, -0.05) is 84.9 Å². The Balaban J connectivity index is 1.72. The van der Waals surface area contributed by atoms with Gasteiger partial charge in [0.25, 0.3) is 0 Å². The summed E-state index contributed by atoms with van der Waals surface area (Å²) in [5.41, 5.74) is 0.788. The van der Waals surface area contributed by atoms with E-state index in [1.54, 1.807) is 30.3 Å². The Kier molecular flexibility index (Phi) is 5.57. The molecular weight excluding hydrogens is 584 g/mol. The Labute approximate surface area is 259 Å². The molecule has 8 rings (SSSR count). The van der Waals surface area contributed by atoms with Crippen molar-refractivity contribution in [2.45, 2.75) is 0 Å². The van der Waals surface area contributed by atoms with E-state index in [-0.39, 0.29) is 32.7 Å². The lowest BCUT2D eigenvalue weighted by atomic mass is 9.81. The van der Waals surface area contributed by atoms with Crippen LogP contribution in [-0.4, -0.2) is 40.9 Å². The van der Waals surface area contributed by atoms with Crippen LogP contribution < -0.4 is 0 Å². The van der Waals surface area contributed by atoms with E-state index in [1.165, 1.54) is 0 Å². The largest absolute Gasteiger partial charge is 0.504 e. The molecule has 0 aliphatic heterocycles. The van der Waals surface area contributed by atoms with E-state index >= 15 is 0 Å². The Morgan fingerprint density at radius 3 is 1.30 bits per heavy atom. The highest BCUT2D eigenvalue weighted by atomic mass is 16.4. The van der Waals surface area contributed by atoms with Gasteiger partial charge < -0.3 is 40.9 Å². The zero-order chi connectivity index (χ0) is 32.0. The molecule has 0 saturated heterocycles. The predicted octanol–water partition coefficient (Wildman–Crippen LogP) is 8.43. The van der Waals surface area contributed by atoms with Crippen LogP contribution in [0.3, 0.4) is 0 Å². The minimum absolute atomic E-state index is 0.01000. The predicted molar refractivity (Wildman–Crippen MR) is 178 cm³/mol. The standard InChI is InChI=1S/C38H24O8/c39-31-27-25(20-14-13-17-7-1-2-8-18(17)15-20)28-30(34(42)38(46)36(44)32(28)40)26(29(27)33(41)37(45)35(31)43)24-16-19-9-3-4-10-21(19)22-11-5-6-12-23(22)24/h1-16,39-46H. The van der Waals surface area contributed by atoms with E-state index in [2.05, 4.69) is 0 Å². The van der Waals surface area contributed by atoms with Crippen molar-refractivity contribution < 1.29 is 40.9 Å². The molecule has 0 aliphatic rings. The summed E-state index contributed by atoms with van der Waals surface area (Å²) < 4.78 is 0. The topological polar surface area (TPSA) is 162 Å². The lowest BCUT2D eigenvalue weighted by Crippen LogP contribution is -1.95. The van der Waals surface area contributed by atoms with Crippen molar-refractivity contribution in [3.05, 3.63) is 97.1 Å². The monoisotopic (exact) mass is 608 g/mol. The zero-order valence-corrected chi connectivity index (χ0v) is 23.8. The molecule has 8 aromatic rings. The molecule has 0 radical (unpaired) electrons. The molecule has 0 amide bonds. The SMILES string of the molecule is Oc1c(O)c(O)c2c(-c3cc4ccccc4c4ccccc34)c3c(O)c(O)c(O)c(O)c3c(-c3ccc4ccccc4c3)c2c1O. The van der Waals surface area contributed by atoms with Gasteiger partial charge in [-0.05, 0) is 55.6 Å². The van der Waals surface area contributed by atoms with Crippen molar-refractivity contribution in [2.24, 2.45) is 0 Å². The van der Waals surface area contributed by atoms with E-state index in [0.717, 1.165) is 26.9 Å². The molecule has 0 atom stereocenters.